The van der Waals surface area contributed by atoms with Gasteiger partial charge in [-0.05, 0) is 24.3 Å². The van der Waals surface area contributed by atoms with Crippen LogP contribution in [-0.2, 0) is 13.6 Å². The molecule has 1 amide bonds. The molecule has 0 aliphatic carbocycles. The van der Waals surface area contributed by atoms with E-state index in [0.29, 0.717) is 28.2 Å². The highest BCUT2D eigenvalue weighted by Crippen LogP contribution is 2.37. The number of fused-ring (bicyclic) bond motifs is 1. The first-order chi connectivity index (χ1) is 17.8. The summed E-state index contributed by atoms with van der Waals surface area (Å²) in [7, 11) is 4.30. The molecule has 11 nitrogen and oxygen atoms in total. The molecule has 2 aromatic heterocycles. The number of amides is 1. The molecule has 4 aromatic rings. The zero-order valence-corrected chi connectivity index (χ0v) is 20.1. The Labute approximate surface area is 209 Å². The van der Waals surface area contributed by atoms with Crippen LogP contribution < -0.4 is 30.8 Å². The third-order valence-electron chi connectivity index (χ3n) is 5.35. The first kappa shape index (κ1) is 25.1. The van der Waals surface area contributed by atoms with Gasteiger partial charge in [0.2, 0.25) is 5.69 Å². The molecular weight excluding hydrogens is 485 g/mol. The molecule has 37 heavy (non-hydrogen) atoms. The Morgan fingerprint density at radius 2 is 1.81 bits per heavy atom. The summed E-state index contributed by atoms with van der Waals surface area (Å²) in [6.45, 7) is 3.39. The zero-order chi connectivity index (χ0) is 26.7. The number of halogens is 1. The molecular formula is C25H22FN5O6. The quantitative estimate of drug-likeness (QED) is 0.361. The van der Waals surface area contributed by atoms with Crippen LogP contribution in [-0.4, -0.2) is 39.5 Å². The van der Waals surface area contributed by atoms with Gasteiger partial charge in [-0.25, -0.2) is 13.9 Å². The van der Waals surface area contributed by atoms with Crippen LogP contribution in [0.3, 0.4) is 0 Å². The number of carbonyl (C=O) groups excluding carboxylic acids is 1. The van der Waals surface area contributed by atoms with Gasteiger partial charge in [-0.3, -0.25) is 19.1 Å². The van der Waals surface area contributed by atoms with E-state index in [2.05, 4.69) is 22.0 Å². The number of carbonyl (C=O) groups is 1. The van der Waals surface area contributed by atoms with Crippen molar-refractivity contribution in [3.8, 4) is 23.0 Å². The van der Waals surface area contributed by atoms with E-state index in [-0.39, 0.29) is 18.0 Å². The van der Waals surface area contributed by atoms with Crippen molar-refractivity contribution in [3.63, 3.8) is 0 Å². The molecule has 0 saturated heterocycles. The van der Waals surface area contributed by atoms with Gasteiger partial charge in [0.25, 0.3) is 11.5 Å². The molecule has 2 heterocycles. The molecule has 2 aromatic carbocycles. The Morgan fingerprint density at radius 1 is 1.08 bits per heavy atom. The van der Waals surface area contributed by atoms with Crippen LogP contribution in [0.15, 0.2) is 64.8 Å². The highest BCUT2D eigenvalue weighted by atomic mass is 19.1. The summed E-state index contributed by atoms with van der Waals surface area (Å²) >= 11 is 0. The number of methoxy groups -OCH3 is 2. The Morgan fingerprint density at radius 3 is 2.49 bits per heavy atom. The fourth-order valence-corrected chi connectivity index (χ4v) is 3.56. The van der Waals surface area contributed by atoms with E-state index < -0.39 is 28.7 Å². The molecule has 0 radical (unpaired) electrons. The van der Waals surface area contributed by atoms with E-state index in [1.165, 1.54) is 45.7 Å². The third kappa shape index (κ3) is 4.89. The smallest absolute Gasteiger partial charge is 0.347 e. The van der Waals surface area contributed by atoms with Crippen molar-refractivity contribution in [2.75, 3.05) is 19.5 Å². The fraction of sp³-hybridized carbons (Fsp3) is 0.160. The van der Waals surface area contributed by atoms with Crippen LogP contribution in [0, 0.1) is 5.82 Å². The standard InChI is InChI=1S/C25H22FN5O6/c1-5-10-31-24(33)22(29-30(2)25(31)34)23(32)28-14-6-7-19(16(26)11-14)37-18-8-9-27-17-13-21(36-4)20(35-3)12-15(17)18/h5-9,11-13H,1,10H2,2-4H3,(H,28,32). The van der Waals surface area contributed by atoms with Gasteiger partial charge in [0.15, 0.2) is 23.1 Å². The van der Waals surface area contributed by atoms with Gasteiger partial charge >= 0.3 is 5.69 Å². The molecule has 0 unspecified atom stereocenters. The van der Waals surface area contributed by atoms with Crippen LogP contribution >= 0.6 is 0 Å². The average molecular weight is 507 g/mol. The maximum absolute atomic E-state index is 14.9. The summed E-state index contributed by atoms with van der Waals surface area (Å²) in [6, 6.07) is 8.66. The number of aryl methyl sites for hydroxylation is 1. The Kier molecular flexibility index (Phi) is 7.00. The first-order valence-corrected chi connectivity index (χ1v) is 10.9. The van der Waals surface area contributed by atoms with Crippen molar-refractivity contribution in [2.45, 2.75) is 6.54 Å². The first-order valence-electron chi connectivity index (χ1n) is 10.9. The topological polar surface area (TPSA) is 127 Å². The number of pyridine rings is 1. The van der Waals surface area contributed by atoms with Gasteiger partial charge in [0, 0.05) is 43.0 Å². The predicted molar refractivity (Wildman–Crippen MR) is 133 cm³/mol. The van der Waals surface area contributed by atoms with Crippen molar-refractivity contribution in [2.24, 2.45) is 7.05 Å². The van der Waals surface area contributed by atoms with Crippen molar-refractivity contribution >= 4 is 22.5 Å². The largest absolute Gasteiger partial charge is 0.493 e. The van der Waals surface area contributed by atoms with E-state index in [1.807, 2.05) is 0 Å². The maximum Gasteiger partial charge on any atom is 0.347 e. The molecule has 1 N–H and O–H groups in total. The highest BCUT2D eigenvalue weighted by molar-refractivity contribution is 6.02. The number of allylic oxidation sites excluding steroid dienone is 1. The lowest BCUT2D eigenvalue weighted by molar-refractivity contribution is 0.101. The van der Waals surface area contributed by atoms with Gasteiger partial charge in [-0.15, -0.1) is 6.58 Å². The monoisotopic (exact) mass is 507 g/mol. The molecule has 0 spiro atoms. The second-order valence-corrected chi connectivity index (χ2v) is 7.69. The summed E-state index contributed by atoms with van der Waals surface area (Å²) in [5.74, 6) is -0.554. The minimum atomic E-state index is -0.910. The van der Waals surface area contributed by atoms with E-state index in [1.54, 1.807) is 18.2 Å². The highest BCUT2D eigenvalue weighted by Gasteiger charge is 2.19. The normalized spacial score (nSPS) is 10.7. The molecule has 12 heteroatoms. The van der Waals surface area contributed by atoms with E-state index in [4.69, 9.17) is 14.2 Å². The summed E-state index contributed by atoms with van der Waals surface area (Å²) < 4.78 is 33.0. The number of benzene rings is 2. The van der Waals surface area contributed by atoms with Gasteiger partial charge in [0.1, 0.15) is 5.75 Å². The minimum Gasteiger partial charge on any atom is -0.493 e. The summed E-state index contributed by atoms with van der Waals surface area (Å²) in [6.07, 6.45) is 2.85. The summed E-state index contributed by atoms with van der Waals surface area (Å²) in [4.78, 5) is 41.6. The number of ether oxygens (including phenoxy) is 3. The Bertz CT molecular complexity index is 1650. The number of aromatic nitrogens is 4. The number of nitrogens with zero attached hydrogens (tertiary/aromatic N) is 4. The van der Waals surface area contributed by atoms with E-state index >= 15 is 0 Å². The van der Waals surface area contributed by atoms with Gasteiger partial charge in [-0.1, -0.05) is 6.08 Å². The SMILES string of the molecule is C=CCn1c(=O)c(C(=O)Nc2ccc(Oc3ccnc4cc(OC)c(OC)cc34)c(F)c2)nn(C)c1=O. The second kappa shape index (κ2) is 10.3. The van der Waals surface area contributed by atoms with Crippen LogP contribution in [0.25, 0.3) is 10.9 Å². The third-order valence-corrected chi connectivity index (χ3v) is 5.35. The van der Waals surface area contributed by atoms with Gasteiger partial charge < -0.3 is 19.5 Å². The number of anilines is 1. The molecule has 0 bridgehead atoms. The van der Waals surface area contributed by atoms with Gasteiger partial charge in [0.05, 0.1) is 19.7 Å². The molecule has 0 aliphatic rings. The second-order valence-electron chi connectivity index (χ2n) is 7.69. The maximum atomic E-state index is 14.9. The lowest BCUT2D eigenvalue weighted by atomic mass is 10.2. The van der Waals surface area contributed by atoms with Crippen LogP contribution in [0.5, 0.6) is 23.0 Å². The molecule has 190 valence electrons. The molecule has 0 aliphatic heterocycles. The summed E-state index contributed by atoms with van der Waals surface area (Å²) in [5, 5.41) is 6.72. The van der Waals surface area contributed by atoms with Crippen molar-refractivity contribution in [1.82, 2.24) is 19.3 Å². The fourth-order valence-electron chi connectivity index (χ4n) is 3.56. The summed E-state index contributed by atoms with van der Waals surface area (Å²) in [5.41, 5.74) is -1.53. The molecule has 4 rings (SSSR count). The lowest BCUT2D eigenvalue weighted by Crippen LogP contribution is -2.44. The van der Waals surface area contributed by atoms with Crippen molar-refractivity contribution in [1.29, 1.82) is 0 Å². The van der Waals surface area contributed by atoms with Crippen LogP contribution in [0.4, 0.5) is 10.1 Å². The zero-order valence-electron chi connectivity index (χ0n) is 20.1. The molecule has 0 saturated carbocycles. The molecule has 0 fully saturated rings. The Hall–Kier alpha value is -5.00. The average Bonchev–Trinajstić information content (AvgIpc) is 2.89. The number of nitrogens with one attached hydrogen (secondary N) is 1. The number of hydrogen-bond donors (Lipinski definition) is 1. The van der Waals surface area contributed by atoms with Crippen LogP contribution in [0.1, 0.15) is 10.5 Å². The van der Waals surface area contributed by atoms with Crippen molar-refractivity contribution in [3.05, 3.63) is 87.6 Å². The Balaban J connectivity index is 1.61. The predicted octanol–water partition coefficient (Wildman–Crippen LogP) is 2.88. The minimum absolute atomic E-state index is 0.0474. The number of hydrogen-bond acceptors (Lipinski definition) is 8. The van der Waals surface area contributed by atoms with Crippen LogP contribution in [0.2, 0.25) is 0 Å². The van der Waals surface area contributed by atoms with Gasteiger partial charge in [-0.2, -0.15) is 5.10 Å². The van der Waals surface area contributed by atoms with E-state index in [0.717, 1.165) is 15.3 Å². The lowest BCUT2D eigenvalue weighted by Gasteiger charge is -2.13. The number of rotatable bonds is 8. The van der Waals surface area contributed by atoms with Crippen molar-refractivity contribution < 1.29 is 23.4 Å². The van der Waals surface area contributed by atoms with E-state index in [9.17, 15) is 18.8 Å². The molecule has 0 atom stereocenters.